The number of aromatic nitrogens is 2. The van der Waals surface area contributed by atoms with Gasteiger partial charge in [-0.05, 0) is 17.5 Å². The number of thiophene rings is 1. The summed E-state index contributed by atoms with van der Waals surface area (Å²) >= 11 is 1.38. The molecule has 0 bridgehead atoms. The zero-order chi connectivity index (χ0) is 19.9. The first-order valence-electron chi connectivity index (χ1n) is 8.55. The Hall–Kier alpha value is -3.20. The molecule has 0 spiro atoms. The molecular formula is C19H19N3O5S. The Balaban J connectivity index is 1.44. The number of ether oxygens (including phenoxy) is 2. The third-order valence-corrected chi connectivity index (χ3v) is 4.86. The predicted octanol–water partition coefficient (Wildman–Crippen LogP) is 1.72. The van der Waals surface area contributed by atoms with Crippen molar-refractivity contribution in [3.05, 3.63) is 58.0 Å². The number of methoxy groups -OCH3 is 1. The largest absolute Gasteiger partial charge is 0.496 e. The maximum atomic E-state index is 12.2. The minimum Gasteiger partial charge on any atom is -0.496 e. The highest BCUT2D eigenvalue weighted by molar-refractivity contribution is 7.16. The van der Waals surface area contributed by atoms with Crippen LogP contribution in [0.3, 0.4) is 0 Å². The summed E-state index contributed by atoms with van der Waals surface area (Å²) in [6, 6.07) is 9.01. The van der Waals surface area contributed by atoms with Gasteiger partial charge in [0.05, 0.1) is 25.2 Å². The third-order valence-electron chi connectivity index (χ3n) is 4.04. The Labute approximate surface area is 164 Å². The van der Waals surface area contributed by atoms with E-state index in [9.17, 15) is 14.4 Å². The fourth-order valence-electron chi connectivity index (χ4n) is 2.58. The number of nitrogens with one attached hydrogen (secondary N) is 1. The standard InChI is InChI=1S/C19H19N3O5S/c1-26-15-5-3-2-4-13(15)10-20-16(23)11-27-17(24)6-8-22-12-21-18-14(19(22)25)7-9-28-18/h2-5,7,9,12H,6,8,10-11H2,1H3,(H,20,23). The van der Waals surface area contributed by atoms with Gasteiger partial charge in [-0.2, -0.15) is 0 Å². The Kier molecular flexibility index (Phi) is 6.38. The fraction of sp³-hybridized carbons (Fsp3) is 0.263. The van der Waals surface area contributed by atoms with Gasteiger partial charge in [0.1, 0.15) is 10.6 Å². The molecule has 8 nitrogen and oxygen atoms in total. The van der Waals surface area contributed by atoms with E-state index in [4.69, 9.17) is 9.47 Å². The monoisotopic (exact) mass is 401 g/mol. The molecule has 1 aromatic carbocycles. The first-order valence-corrected chi connectivity index (χ1v) is 9.43. The maximum absolute atomic E-state index is 12.2. The Morgan fingerprint density at radius 3 is 2.89 bits per heavy atom. The van der Waals surface area contributed by atoms with Gasteiger partial charge in [0.25, 0.3) is 11.5 Å². The number of amides is 1. The average molecular weight is 401 g/mol. The van der Waals surface area contributed by atoms with Crippen molar-refractivity contribution in [1.82, 2.24) is 14.9 Å². The smallest absolute Gasteiger partial charge is 0.308 e. The molecule has 0 saturated carbocycles. The molecule has 3 aromatic rings. The quantitative estimate of drug-likeness (QED) is 0.577. The summed E-state index contributed by atoms with van der Waals surface area (Å²) in [7, 11) is 1.55. The topological polar surface area (TPSA) is 99.5 Å². The number of esters is 1. The van der Waals surface area contributed by atoms with Crippen molar-refractivity contribution in [2.45, 2.75) is 19.5 Å². The van der Waals surface area contributed by atoms with Crippen LogP contribution in [0, 0.1) is 0 Å². The summed E-state index contributed by atoms with van der Waals surface area (Å²) in [5.41, 5.74) is 0.619. The van der Waals surface area contributed by atoms with Crippen molar-refractivity contribution in [2.75, 3.05) is 13.7 Å². The Bertz CT molecular complexity index is 1040. The highest BCUT2D eigenvalue weighted by atomic mass is 32.1. The second-order valence-corrected chi connectivity index (χ2v) is 6.78. The first-order chi connectivity index (χ1) is 13.6. The van der Waals surface area contributed by atoms with Crippen LogP contribution in [0.5, 0.6) is 5.75 Å². The molecule has 0 aliphatic rings. The number of rotatable bonds is 8. The van der Waals surface area contributed by atoms with Gasteiger partial charge >= 0.3 is 5.97 Å². The molecule has 0 aliphatic heterocycles. The lowest BCUT2D eigenvalue weighted by Gasteiger charge is -2.10. The number of carbonyl (C=O) groups is 2. The lowest BCUT2D eigenvalue weighted by Crippen LogP contribution is -2.29. The van der Waals surface area contributed by atoms with Crippen LogP contribution in [0.1, 0.15) is 12.0 Å². The van der Waals surface area contributed by atoms with Crippen LogP contribution in [-0.2, 0) is 27.4 Å². The van der Waals surface area contributed by atoms with Gasteiger partial charge < -0.3 is 14.8 Å². The zero-order valence-electron chi connectivity index (χ0n) is 15.2. The number of carbonyl (C=O) groups excluding carboxylic acids is 2. The van der Waals surface area contributed by atoms with E-state index in [0.717, 1.165) is 5.56 Å². The van der Waals surface area contributed by atoms with E-state index in [1.165, 1.54) is 22.2 Å². The van der Waals surface area contributed by atoms with Crippen molar-refractivity contribution in [3.8, 4) is 5.75 Å². The van der Waals surface area contributed by atoms with E-state index in [2.05, 4.69) is 10.3 Å². The second kappa shape index (κ2) is 9.14. The van der Waals surface area contributed by atoms with Gasteiger partial charge in [0, 0.05) is 18.7 Å². The lowest BCUT2D eigenvalue weighted by molar-refractivity contribution is -0.148. The van der Waals surface area contributed by atoms with Crippen LogP contribution in [0.2, 0.25) is 0 Å². The van der Waals surface area contributed by atoms with Gasteiger partial charge in [-0.3, -0.25) is 19.0 Å². The van der Waals surface area contributed by atoms with E-state index in [1.807, 2.05) is 18.2 Å². The van der Waals surface area contributed by atoms with Crippen LogP contribution in [0.4, 0.5) is 0 Å². The van der Waals surface area contributed by atoms with E-state index >= 15 is 0 Å². The molecule has 1 amide bonds. The van der Waals surface area contributed by atoms with Crippen LogP contribution in [0.15, 0.2) is 46.8 Å². The summed E-state index contributed by atoms with van der Waals surface area (Å²) in [6.07, 6.45) is 1.38. The first kappa shape index (κ1) is 19.6. The number of nitrogens with zero attached hydrogens (tertiary/aromatic N) is 2. The van der Waals surface area contributed by atoms with Crippen molar-refractivity contribution in [2.24, 2.45) is 0 Å². The molecular weight excluding hydrogens is 382 g/mol. The van der Waals surface area contributed by atoms with Crippen LogP contribution in [0.25, 0.3) is 10.2 Å². The zero-order valence-corrected chi connectivity index (χ0v) is 16.0. The molecule has 2 aromatic heterocycles. The number of aryl methyl sites for hydroxylation is 1. The van der Waals surface area contributed by atoms with Crippen LogP contribution < -0.4 is 15.6 Å². The van der Waals surface area contributed by atoms with E-state index in [-0.39, 0.29) is 31.7 Å². The molecule has 2 heterocycles. The van der Waals surface area contributed by atoms with E-state index in [0.29, 0.717) is 16.0 Å². The number of para-hydroxylation sites is 1. The SMILES string of the molecule is COc1ccccc1CNC(=O)COC(=O)CCn1cnc2sccc2c1=O. The predicted molar refractivity (Wildman–Crippen MR) is 104 cm³/mol. The van der Waals surface area contributed by atoms with Crippen molar-refractivity contribution in [3.63, 3.8) is 0 Å². The summed E-state index contributed by atoms with van der Waals surface area (Å²) < 4.78 is 11.5. The second-order valence-electron chi connectivity index (χ2n) is 5.88. The van der Waals surface area contributed by atoms with Crippen molar-refractivity contribution >= 4 is 33.4 Å². The van der Waals surface area contributed by atoms with Crippen LogP contribution >= 0.6 is 11.3 Å². The normalized spacial score (nSPS) is 10.6. The summed E-state index contributed by atoms with van der Waals surface area (Å²) in [4.78, 5) is 40.8. The maximum Gasteiger partial charge on any atom is 0.308 e. The molecule has 0 fully saturated rings. The Morgan fingerprint density at radius 1 is 1.25 bits per heavy atom. The van der Waals surface area contributed by atoms with Gasteiger partial charge in [-0.15, -0.1) is 11.3 Å². The van der Waals surface area contributed by atoms with Crippen molar-refractivity contribution < 1.29 is 19.1 Å². The highest BCUT2D eigenvalue weighted by Crippen LogP contribution is 2.16. The molecule has 146 valence electrons. The molecule has 3 rings (SSSR count). The number of benzene rings is 1. The number of fused-ring (bicyclic) bond motifs is 1. The summed E-state index contributed by atoms with van der Waals surface area (Å²) in [5, 5.41) is 4.99. The number of hydrogen-bond acceptors (Lipinski definition) is 7. The van der Waals surface area contributed by atoms with Crippen molar-refractivity contribution in [1.29, 1.82) is 0 Å². The summed E-state index contributed by atoms with van der Waals surface area (Å²) in [6.45, 7) is 0.0199. The van der Waals surface area contributed by atoms with Gasteiger partial charge in [-0.25, -0.2) is 4.98 Å². The molecule has 0 radical (unpaired) electrons. The molecule has 0 saturated heterocycles. The van der Waals surface area contributed by atoms with Crippen LogP contribution in [-0.4, -0.2) is 35.1 Å². The van der Waals surface area contributed by atoms with E-state index in [1.54, 1.807) is 24.6 Å². The lowest BCUT2D eigenvalue weighted by atomic mass is 10.2. The van der Waals surface area contributed by atoms with Gasteiger partial charge in [0.15, 0.2) is 6.61 Å². The van der Waals surface area contributed by atoms with Gasteiger partial charge in [-0.1, -0.05) is 18.2 Å². The Morgan fingerprint density at radius 2 is 2.07 bits per heavy atom. The number of hydrogen-bond donors (Lipinski definition) is 1. The fourth-order valence-corrected chi connectivity index (χ4v) is 3.30. The molecule has 0 atom stereocenters. The highest BCUT2D eigenvalue weighted by Gasteiger charge is 2.11. The molecule has 1 N–H and O–H groups in total. The van der Waals surface area contributed by atoms with Gasteiger partial charge in [0.2, 0.25) is 0 Å². The molecule has 0 unspecified atom stereocenters. The minimum atomic E-state index is -0.565. The molecule has 9 heteroatoms. The average Bonchev–Trinajstić information content (AvgIpc) is 3.20. The minimum absolute atomic E-state index is 0.0307. The van der Waals surface area contributed by atoms with E-state index < -0.39 is 11.9 Å². The summed E-state index contributed by atoms with van der Waals surface area (Å²) in [5.74, 6) is -0.316. The third kappa shape index (κ3) is 4.74. The molecule has 0 aliphatic carbocycles. The molecule has 28 heavy (non-hydrogen) atoms.